The Morgan fingerprint density at radius 1 is 1.56 bits per heavy atom. The van der Waals surface area contributed by atoms with E-state index in [4.69, 9.17) is 4.52 Å². The summed E-state index contributed by atoms with van der Waals surface area (Å²) < 4.78 is 4.96. The molecule has 1 aromatic heterocycles. The molecule has 1 fully saturated rings. The Labute approximate surface area is 112 Å². The van der Waals surface area contributed by atoms with Gasteiger partial charge in [0.2, 0.25) is 11.8 Å². The minimum Gasteiger partial charge on any atom is -0.354 e. The van der Waals surface area contributed by atoms with E-state index in [9.17, 15) is 4.79 Å². The van der Waals surface area contributed by atoms with Crippen LogP contribution in [0.3, 0.4) is 0 Å². The van der Waals surface area contributed by atoms with E-state index in [0.29, 0.717) is 24.7 Å². The van der Waals surface area contributed by atoms with Gasteiger partial charge in [0, 0.05) is 13.0 Å². The average Bonchev–Trinajstić information content (AvgIpc) is 2.76. The second-order valence-electron chi connectivity index (χ2n) is 4.28. The maximum Gasteiger partial charge on any atom is 0.237 e. The van der Waals surface area contributed by atoms with Crippen molar-refractivity contribution >= 4 is 18.3 Å². The normalized spacial score (nSPS) is 19.1. The fraction of sp³-hybridized carbons (Fsp3) is 0.727. The van der Waals surface area contributed by atoms with E-state index < -0.39 is 0 Å². The van der Waals surface area contributed by atoms with Crippen LogP contribution in [0.5, 0.6) is 0 Å². The Bertz CT molecular complexity index is 377. The summed E-state index contributed by atoms with van der Waals surface area (Å²) in [5, 5.41) is 9.78. The van der Waals surface area contributed by atoms with Crippen LogP contribution in [-0.4, -0.2) is 35.2 Å². The molecule has 1 aliphatic heterocycles. The lowest BCUT2D eigenvalue weighted by Crippen LogP contribution is -2.47. The van der Waals surface area contributed by atoms with Gasteiger partial charge in [-0.1, -0.05) is 11.6 Å². The van der Waals surface area contributed by atoms with Gasteiger partial charge in [0.05, 0.1) is 6.04 Å². The van der Waals surface area contributed by atoms with Crippen LogP contribution in [0, 0.1) is 6.92 Å². The number of hydrogen-bond donors (Lipinski definition) is 2. The van der Waals surface area contributed by atoms with Gasteiger partial charge in [0.15, 0.2) is 5.82 Å². The first-order chi connectivity index (χ1) is 8.25. The molecule has 0 spiro atoms. The molecule has 0 radical (unpaired) electrons. The molecule has 0 aromatic carbocycles. The molecule has 1 aliphatic rings. The summed E-state index contributed by atoms with van der Waals surface area (Å²) in [6, 6.07) is -0.0341. The first kappa shape index (κ1) is 14.9. The maximum atomic E-state index is 11.8. The topological polar surface area (TPSA) is 80.0 Å². The highest BCUT2D eigenvalue weighted by Crippen LogP contribution is 2.06. The third kappa shape index (κ3) is 4.27. The number of rotatable bonds is 4. The lowest BCUT2D eigenvalue weighted by Gasteiger charge is -2.22. The molecule has 6 nitrogen and oxygen atoms in total. The van der Waals surface area contributed by atoms with Crippen LogP contribution < -0.4 is 10.6 Å². The van der Waals surface area contributed by atoms with E-state index in [1.54, 1.807) is 6.92 Å². The van der Waals surface area contributed by atoms with Crippen LogP contribution in [0.4, 0.5) is 0 Å². The van der Waals surface area contributed by atoms with Crippen molar-refractivity contribution < 1.29 is 9.32 Å². The summed E-state index contributed by atoms with van der Waals surface area (Å²) in [5.74, 6) is 1.26. The van der Waals surface area contributed by atoms with E-state index >= 15 is 0 Å². The second kappa shape index (κ2) is 7.33. The molecule has 2 rings (SSSR count). The zero-order valence-electron chi connectivity index (χ0n) is 10.4. The second-order valence-corrected chi connectivity index (χ2v) is 4.28. The van der Waals surface area contributed by atoms with Gasteiger partial charge in [-0.15, -0.1) is 12.4 Å². The van der Waals surface area contributed by atoms with Crippen molar-refractivity contribution in [3.05, 3.63) is 11.7 Å². The number of hydrogen-bond acceptors (Lipinski definition) is 5. The Morgan fingerprint density at radius 2 is 2.39 bits per heavy atom. The van der Waals surface area contributed by atoms with Crippen LogP contribution >= 0.6 is 12.4 Å². The largest absolute Gasteiger partial charge is 0.354 e. The zero-order valence-corrected chi connectivity index (χ0v) is 11.3. The molecule has 1 amide bonds. The van der Waals surface area contributed by atoms with Gasteiger partial charge < -0.3 is 15.2 Å². The number of aromatic nitrogens is 2. The third-order valence-corrected chi connectivity index (χ3v) is 2.83. The summed E-state index contributed by atoms with van der Waals surface area (Å²) in [6.45, 7) is 3.25. The van der Waals surface area contributed by atoms with Crippen LogP contribution in [-0.2, 0) is 11.2 Å². The van der Waals surface area contributed by atoms with E-state index in [-0.39, 0.29) is 24.4 Å². The third-order valence-electron chi connectivity index (χ3n) is 2.83. The lowest BCUT2D eigenvalue weighted by molar-refractivity contribution is -0.123. The summed E-state index contributed by atoms with van der Waals surface area (Å²) in [5.41, 5.74) is 0. The molecule has 18 heavy (non-hydrogen) atoms. The minimum absolute atomic E-state index is 0. The van der Waals surface area contributed by atoms with Crippen molar-refractivity contribution in [3.63, 3.8) is 0 Å². The number of piperidine rings is 1. The fourth-order valence-corrected chi connectivity index (χ4v) is 1.93. The van der Waals surface area contributed by atoms with Crippen LogP contribution in [0.1, 0.15) is 31.0 Å². The van der Waals surface area contributed by atoms with Crippen LogP contribution in [0.2, 0.25) is 0 Å². The Balaban J connectivity index is 0.00000162. The molecule has 1 unspecified atom stereocenters. The first-order valence-corrected chi connectivity index (χ1v) is 6.06. The molecule has 0 saturated carbocycles. The number of nitrogens with one attached hydrogen (secondary N) is 2. The fourth-order valence-electron chi connectivity index (χ4n) is 1.93. The summed E-state index contributed by atoms with van der Waals surface area (Å²) in [7, 11) is 0. The highest BCUT2D eigenvalue weighted by molar-refractivity contribution is 5.85. The van der Waals surface area contributed by atoms with Crippen molar-refractivity contribution in [1.29, 1.82) is 0 Å². The van der Waals surface area contributed by atoms with E-state index in [0.717, 1.165) is 25.8 Å². The predicted molar refractivity (Wildman–Crippen MR) is 68.6 cm³/mol. The summed E-state index contributed by atoms with van der Waals surface area (Å²) in [4.78, 5) is 15.8. The molecule has 0 aliphatic carbocycles. The van der Waals surface area contributed by atoms with E-state index in [1.807, 2.05) is 0 Å². The van der Waals surface area contributed by atoms with Gasteiger partial charge in [0.1, 0.15) is 0 Å². The van der Waals surface area contributed by atoms with Crippen molar-refractivity contribution in [3.8, 4) is 0 Å². The van der Waals surface area contributed by atoms with Gasteiger partial charge in [0.25, 0.3) is 0 Å². The monoisotopic (exact) mass is 274 g/mol. The van der Waals surface area contributed by atoms with Crippen LogP contribution in [0.25, 0.3) is 0 Å². The van der Waals surface area contributed by atoms with Gasteiger partial charge in [-0.3, -0.25) is 4.79 Å². The Kier molecular flexibility index (Phi) is 6.07. The smallest absolute Gasteiger partial charge is 0.237 e. The Hall–Kier alpha value is -1.14. The van der Waals surface area contributed by atoms with Crippen LogP contribution in [0.15, 0.2) is 4.52 Å². The summed E-state index contributed by atoms with van der Waals surface area (Å²) >= 11 is 0. The molecule has 2 heterocycles. The molecule has 102 valence electrons. The van der Waals surface area contributed by atoms with E-state index in [2.05, 4.69) is 20.8 Å². The molecule has 7 heteroatoms. The van der Waals surface area contributed by atoms with Gasteiger partial charge in [-0.05, 0) is 26.3 Å². The van der Waals surface area contributed by atoms with Gasteiger partial charge >= 0.3 is 0 Å². The maximum absolute atomic E-state index is 11.8. The molecular weight excluding hydrogens is 256 g/mol. The van der Waals surface area contributed by atoms with Crippen molar-refractivity contribution in [2.45, 2.75) is 38.6 Å². The van der Waals surface area contributed by atoms with Crippen molar-refractivity contribution in [1.82, 2.24) is 20.8 Å². The number of aryl methyl sites for hydroxylation is 1. The highest BCUT2D eigenvalue weighted by atomic mass is 35.5. The molecule has 1 saturated heterocycles. The number of carbonyl (C=O) groups is 1. The molecular formula is C11H19ClN4O2. The number of carbonyl (C=O) groups excluding carboxylic acids is 1. The van der Waals surface area contributed by atoms with Gasteiger partial charge in [-0.2, -0.15) is 4.98 Å². The van der Waals surface area contributed by atoms with Crippen molar-refractivity contribution in [2.75, 3.05) is 13.1 Å². The highest BCUT2D eigenvalue weighted by Gasteiger charge is 2.19. The Morgan fingerprint density at radius 3 is 3.00 bits per heavy atom. The predicted octanol–water partition coefficient (Wildman–Crippen LogP) is 0.601. The zero-order chi connectivity index (χ0) is 12.1. The van der Waals surface area contributed by atoms with Gasteiger partial charge in [-0.25, -0.2) is 0 Å². The van der Waals surface area contributed by atoms with Crippen molar-refractivity contribution in [2.24, 2.45) is 0 Å². The van der Waals surface area contributed by atoms with E-state index in [1.165, 1.54) is 0 Å². The average molecular weight is 275 g/mol. The SMILES string of the molecule is Cc1noc(CCNC(=O)C2CCCCN2)n1.Cl. The molecule has 1 atom stereocenters. The number of nitrogens with zero attached hydrogens (tertiary/aromatic N) is 2. The lowest BCUT2D eigenvalue weighted by atomic mass is 10.0. The minimum atomic E-state index is -0.0341. The molecule has 1 aromatic rings. The summed E-state index contributed by atoms with van der Waals surface area (Å²) in [6.07, 6.45) is 3.78. The first-order valence-electron chi connectivity index (χ1n) is 6.06. The quantitative estimate of drug-likeness (QED) is 0.840. The molecule has 0 bridgehead atoms. The standard InChI is InChI=1S/C11H18N4O2.ClH/c1-8-14-10(17-15-8)5-7-13-11(16)9-4-2-3-6-12-9;/h9,12H,2-7H2,1H3,(H,13,16);1H. The number of halogens is 1. The number of amides is 1. The molecule has 2 N–H and O–H groups in total.